The molecule has 0 fully saturated rings. The Kier molecular flexibility index (Phi) is 3.41. The van der Waals surface area contributed by atoms with Crippen LogP contribution in [0.3, 0.4) is 0 Å². The van der Waals surface area contributed by atoms with Crippen molar-refractivity contribution in [2.45, 2.75) is 25.5 Å². The first-order valence-corrected chi connectivity index (χ1v) is 4.76. The minimum Gasteiger partial charge on any atom is -0.345 e. The summed E-state index contributed by atoms with van der Waals surface area (Å²) < 4.78 is 0. The Bertz CT molecular complexity index is 265. The average molecular weight is 182 g/mol. The molecule has 1 aromatic heterocycles. The number of aromatic nitrogens is 2. The molecule has 0 amide bonds. The standard InChI is InChI=1S/C9H14N2S/c1-3-5-8-7(4-2)10-9(6-12)11-8/h4,12H,2-3,5-6H2,1H3,(H,10,11). The number of thiol groups is 1. The monoisotopic (exact) mass is 182 g/mol. The van der Waals surface area contributed by atoms with Gasteiger partial charge < -0.3 is 4.98 Å². The third-order valence-corrected chi connectivity index (χ3v) is 2.00. The van der Waals surface area contributed by atoms with Crippen LogP contribution in [-0.2, 0) is 12.2 Å². The van der Waals surface area contributed by atoms with E-state index in [2.05, 4.69) is 36.1 Å². The molecule has 0 saturated carbocycles. The van der Waals surface area contributed by atoms with E-state index >= 15 is 0 Å². The number of imidazole rings is 1. The lowest BCUT2D eigenvalue weighted by molar-refractivity contribution is 0.885. The molecule has 0 aromatic carbocycles. The summed E-state index contributed by atoms with van der Waals surface area (Å²) in [5, 5.41) is 0. The van der Waals surface area contributed by atoms with Crippen LogP contribution in [0.4, 0.5) is 0 Å². The van der Waals surface area contributed by atoms with Crippen LogP contribution in [0.2, 0.25) is 0 Å². The summed E-state index contributed by atoms with van der Waals surface area (Å²) in [5.74, 6) is 1.58. The van der Waals surface area contributed by atoms with Gasteiger partial charge in [-0.1, -0.05) is 19.9 Å². The Labute approximate surface area is 78.5 Å². The molecule has 2 nitrogen and oxygen atoms in total. The summed E-state index contributed by atoms with van der Waals surface area (Å²) in [4.78, 5) is 7.54. The van der Waals surface area contributed by atoms with Crippen LogP contribution in [0.5, 0.6) is 0 Å². The van der Waals surface area contributed by atoms with Gasteiger partial charge in [0.05, 0.1) is 5.69 Å². The van der Waals surface area contributed by atoms with Crippen molar-refractivity contribution in [3.05, 3.63) is 23.8 Å². The number of aryl methyl sites for hydroxylation is 1. The Morgan fingerprint density at radius 1 is 1.67 bits per heavy atom. The summed E-state index contributed by atoms with van der Waals surface area (Å²) in [6.07, 6.45) is 3.94. The van der Waals surface area contributed by atoms with Crippen molar-refractivity contribution in [2.75, 3.05) is 0 Å². The van der Waals surface area contributed by atoms with Gasteiger partial charge in [-0.15, -0.1) is 0 Å². The number of hydrogen-bond acceptors (Lipinski definition) is 2. The van der Waals surface area contributed by atoms with Crippen molar-refractivity contribution in [2.24, 2.45) is 0 Å². The lowest BCUT2D eigenvalue weighted by Crippen LogP contribution is -1.86. The van der Waals surface area contributed by atoms with E-state index in [4.69, 9.17) is 0 Å². The maximum absolute atomic E-state index is 4.32. The van der Waals surface area contributed by atoms with Gasteiger partial charge in [-0.3, -0.25) is 0 Å². The SMILES string of the molecule is C=Cc1nc(CS)[nH]c1CCC. The molecule has 1 N–H and O–H groups in total. The lowest BCUT2D eigenvalue weighted by atomic mass is 10.2. The van der Waals surface area contributed by atoms with Crippen LogP contribution in [0.25, 0.3) is 6.08 Å². The van der Waals surface area contributed by atoms with Gasteiger partial charge in [0.1, 0.15) is 5.82 Å². The molecule has 0 unspecified atom stereocenters. The number of aromatic amines is 1. The maximum Gasteiger partial charge on any atom is 0.116 e. The van der Waals surface area contributed by atoms with Gasteiger partial charge in [-0.05, 0) is 12.5 Å². The van der Waals surface area contributed by atoms with Crippen LogP contribution in [0.15, 0.2) is 6.58 Å². The first-order valence-electron chi connectivity index (χ1n) is 4.12. The third-order valence-electron chi connectivity index (χ3n) is 1.70. The topological polar surface area (TPSA) is 28.7 Å². The zero-order chi connectivity index (χ0) is 8.97. The van der Waals surface area contributed by atoms with E-state index in [1.54, 1.807) is 6.08 Å². The fourth-order valence-corrected chi connectivity index (χ4v) is 1.31. The van der Waals surface area contributed by atoms with E-state index in [0.717, 1.165) is 24.4 Å². The Morgan fingerprint density at radius 2 is 2.42 bits per heavy atom. The highest BCUT2D eigenvalue weighted by Crippen LogP contribution is 2.10. The molecule has 1 aromatic rings. The van der Waals surface area contributed by atoms with E-state index in [1.807, 2.05) is 0 Å². The lowest BCUT2D eigenvalue weighted by Gasteiger charge is -1.93. The van der Waals surface area contributed by atoms with Crippen LogP contribution in [-0.4, -0.2) is 9.97 Å². The summed E-state index contributed by atoms with van der Waals surface area (Å²) >= 11 is 4.15. The second kappa shape index (κ2) is 4.36. The molecule has 0 spiro atoms. The van der Waals surface area contributed by atoms with Crippen molar-refractivity contribution in [3.63, 3.8) is 0 Å². The fourth-order valence-electron chi connectivity index (χ4n) is 1.16. The van der Waals surface area contributed by atoms with Crippen LogP contribution >= 0.6 is 12.6 Å². The molecule has 0 aliphatic rings. The second-order valence-corrected chi connectivity index (χ2v) is 2.98. The number of hydrogen-bond donors (Lipinski definition) is 2. The average Bonchev–Trinajstić information content (AvgIpc) is 2.48. The maximum atomic E-state index is 4.32. The van der Waals surface area contributed by atoms with Gasteiger partial charge in [0.15, 0.2) is 0 Å². The molecule has 0 aliphatic carbocycles. The van der Waals surface area contributed by atoms with Crippen molar-refractivity contribution >= 4 is 18.7 Å². The van der Waals surface area contributed by atoms with Gasteiger partial charge in [0, 0.05) is 11.4 Å². The molecule has 12 heavy (non-hydrogen) atoms. The zero-order valence-corrected chi connectivity index (χ0v) is 8.19. The Hall–Kier alpha value is -0.700. The Morgan fingerprint density at radius 3 is 2.92 bits per heavy atom. The molecule has 0 atom stereocenters. The summed E-state index contributed by atoms with van der Waals surface area (Å²) in [6.45, 7) is 5.86. The minimum absolute atomic E-state index is 0.657. The van der Waals surface area contributed by atoms with Crippen molar-refractivity contribution in [3.8, 4) is 0 Å². The Balaban J connectivity index is 2.91. The highest BCUT2D eigenvalue weighted by Gasteiger charge is 2.04. The van der Waals surface area contributed by atoms with Gasteiger partial charge in [0.25, 0.3) is 0 Å². The quantitative estimate of drug-likeness (QED) is 0.688. The normalized spacial score (nSPS) is 10.2. The number of nitrogens with one attached hydrogen (secondary N) is 1. The third kappa shape index (κ3) is 1.91. The number of H-pyrrole nitrogens is 1. The molecule has 3 heteroatoms. The van der Waals surface area contributed by atoms with Crippen LogP contribution in [0.1, 0.15) is 30.6 Å². The van der Waals surface area contributed by atoms with E-state index in [-0.39, 0.29) is 0 Å². The molecule has 0 aliphatic heterocycles. The molecule has 0 bridgehead atoms. The van der Waals surface area contributed by atoms with Crippen LogP contribution < -0.4 is 0 Å². The van der Waals surface area contributed by atoms with E-state index < -0.39 is 0 Å². The molecule has 0 saturated heterocycles. The number of rotatable bonds is 4. The van der Waals surface area contributed by atoms with E-state index in [9.17, 15) is 0 Å². The highest BCUT2D eigenvalue weighted by molar-refractivity contribution is 7.79. The molecule has 66 valence electrons. The second-order valence-electron chi connectivity index (χ2n) is 2.66. The molecule has 0 radical (unpaired) electrons. The highest BCUT2D eigenvalue weighted by atomic mass is 32.1. The van der Waals surface area contributed by atoms with Gasteiger partial charge in [-0.2, -0.15) is 12.6 Å². The number of nitrogens with zero attached hydrogens (tertiary/aromatic N) is 1. The molecule has 1 heterocycles. The van der Waals surface area contributed by atoms with E-state index in [1.165, 1.54) is 5.69 Å². The van der Waals surface area contributed by atoms with E-state index in [0.29, 0.717) is 5.75 Å². The van der Waals surface area contributed by atoms with Crippen molar-refractivity contribution < 1.29 is 0 Å². The fraction of sp³-hybridized carbons (Fsp3) is 0.444. The molecule has 1 rings (SSSR count). The van der Waals surface area contributed by atoms with Gasteiger partial charge in [-0.25, -0.2) is 4.98 Å². The predicted molar refractivity (Wildman–Crippen MR) is 55.4 cm³/mol. The van der Waals surface area contributed by atoms with Crippen molar-refractivity contribution in [1.29, 1.82) is 0 Å². The largest absolute Gasteiger partial charge is 0.345 e. The zero-order valence-electron chi connectivity index (χ0n) is 7.30. The van der Waals surface area contributed by atoms with Crippen molar-refractivity contribution in [1.82, 2.24) is 9.97 Å². The molecular weight excluding hydrogens is 168 g/mol. The van der Waals surface area contributed by atoms with Crippen LogP contribution in [0, 0.1) is 0 Å². The summed E-state index contributed by atoms with van der Waals surface area (Å²) in [6, 6.07) is 0. The summed E-state index contributed by atoms with van der Waals surface area (Å²) in [7, 11) is 0. The first kappa shape index (κ1) is 9.39. The first-order chi connectivity index (χ1) is 5.81. The minimum atomic E-state index is 0.657. The predicted octanol–water partition coefficient (Wildman–Crippen LogP) is 2.44. The smallest absolute Gasteiger partial charge is 0.116 e. The van der Waals surface area contributed by atoms with Gasteiger partial charge in [0.2, 0.25) is 0 Å². The summed E-state index contributed by atoms with van der Waals surface area (Å²) in [5.41, 5.74) is 2.15. The molecular formula is C9H14N2S. The van der Waals surface area contributed by atoms with Gasteiger partial charge >= 0.3 is 0 Å².